The van der Waals surface area contributed by atoms with E-state index in [1.54, 1.807) is 7.11 Å². The van der Waals surface area contributed by atoms with Gasteiger partial charge in [-0.05, 0) is 60.0 Å². The van der Waals surface area contributed by atoms with Gasteiger partial charge in [-0.1, -0.05) is 36.4 Å². The molecule has 0 aliphatic heterocycles. The van der Waals surface area contributed by atoms with Crippen LogP contribution in [0, 0.1) is 13.8 Å². The van der Waals surface area contributed by atoms with Crippen LogP contribution in [0.4, 0.5) is 0 Å². The van der Waals surface area contributed by atoms with Crippen molar-refractivity contribution in [3.8, 4) is 5.75 Å². The molecule has 0 saturated heterocycles. The third-order valence-electron chi connectivity index (χ3n) is 4.97. The number of methoxy groups -OCH3 is 1. The van der Waals surface area contributed by atoms with Crippen LogP contribution < -0.4 is 10.1 Å². The van der Waals surface area contributed by atoms with E-state index in [-0.39, 0.29) is 6.04 Å². The number of nitrogens with one attached hydrogen (secondary N) is 1. The number of aromatic nitrogens is 2. The maximum absolute atomic E-state index is 5.31. The highest BCUT2D eigenvalue weighted by Crippen LogP contribution is 2.28. The van der Waals surface area contributed by atoms with Crippen molar-refractivity contribution in [2.45, 2.75) is 39.9 Å². The van der Waals surface area contributed by atoms with Gasteiger partial charge in [0.25, 0.3) is 0 Å². The summed E-state index contributed by atoms with van der Waals surface area (Å²) in [6.07, 6.45) is 0. The molecule has 1 aromatic heterocycles. The van der Waals surface area contributed by atoms with E-state index in [2.05, 4.69) is 83.1 Å². The zero-order chi connectivity index (χ0) is 19.4. The smallest absolute Gasteiger partial charge is 0.133 e. The lowest BCUT2D eigenvalue weighted by Gasteiger charge is -2.16. The molecule has 27 heavy (non-hydrogen) atoms. The number of aryl methyl sites for hydroxylation is 1. The van der Waals surface area contributed by atoms with Crippen LogP contribution >= 0.6 is 15.9 Å². The second-order valence-corrected chi connectivity index (χ2v) is 7.64. The second-order valence-electron chi connectivity index (χ2n) is 6.79. The van der Waals surface area contributed by atoms with Crippen molar-refractivity contribution in [2.75, 3.05) is 7.11 Å². The molecule has 4 nitrogen and oxygen atoms in total. The number of nitrogens with zero attached hydrogens (tertiary/aromatic N) is 2. The molecule has 3 rings (SSSR count). The van der Waals surface area contributed by atoms with Crippen LogP contribution in [-0.4, -0.2) is 16.9 Å². The predicted molar refractivity (Wildman–Crippen MR) is 113 cm³/mol. The molecule has 3 aromatic rings. The van der Waals surface area contributed by atoms with Gasteiger partial charge in [-0.25, -0.2) is 0 Å². The highest BCUT2D eigenvalue weighted by Gasteiger charge is 2.14. The molecule has 0 radical (unpaired) electrons. The molecule has 0 aliphatic rings. The molecule has 142 valence electrons. The summed E-state index contributed by atoms with van der Waals surface area (Å²) in [7, 11) is 1.68. The van der Waals surface area contributed by atoms with Crippen molar-refractivity contribution in [1.82, 2.24) is 15.1 Å². The summed E-state index contributed by atoms with van der Waals surface area (Å²) in [6.45, 7) is 7.99. The first-order valence-electron chi connectivity index (χ1n) is 9.13. The highest BCUT2D eigenvalue weighted by molar-refractivity contribution is 9.10. The molecule has 1 heterocycles. The van der Waals surface area contributed by atoms with Crippen molar-refractivity contribution >= 4 is 15.9 Å². The topological polar surface area (TPSA) is 39.1 Å². The molecule has 0 bridgehead atoms. The van der Waals surface area contributed by atoms with Gasteiger partial charge in [0, 0.05) is 23.8 Å². The van der Waals surface area contributed by atoms with Gasteiger partial charge < -0.3 is 10.1 Å². The van der Waals surface area contributed by atoms with Gasteiger partial charge in [0.1, 0.15) is 5.75 Å². The summed E-state index contributed by atoms with van der Waals surface area (Å²) in [4.78, 5) is 0. The monoisotopic (exact) mass is 427 g/mol. The maximum atomic E-state index is 5.31. The Morgan fingerprint density at radius 2 is 1.89 bits per heavy atom. The number of benzene rings is 2. The molecule has 1 atom stereocenters. The van der Waals surface area contributed by atoms with E-state index in [9.17, 15) is 0 Å². The molecule has 1 N–H and O–H groups in total. The Bertz CT molecular complexity index is 905. The van der Waals surface area contributed by atoms with Crippen molar-refractivity contribution < 1.29 is 4.74 Å². The normalized spacial score (nSPS) is 12.2. The molecular weight excluding hydrogens is 402 g/mol. The largest absolute Gasteiger partial charge is 0.496 e. The molecule has 2 aromatic carbocycles. The highest BCUT2D eigenvalue weighted by atomic mass is 79.9. The predicted octanol–water partition coefficient (Wildman–Crippen LogP) is 5.17. The standard InChI is InChI=1S/C22H26BrN3O/c1-15(19-10-11-22(27-4)21(23)12-19)24-13-20-16(2)25-26(17(20)3)14-18-8-6-5-7-9-18/h5-12,15,24H,13-14H2,1-4H3. The van der Waals surface area contributed by atoms with Crippen molar-refractivity contribution in [3.63, 3.8) is 0 Å². The maximum Gasteiger partial charge on any atom is 0.133 e. The van der Waals surface area contributed by atoms with Gasteiger partial charge >= 0.3 is 0 Å². The third kappa shape index (κ3) is 4.60. The van der Waals surface area contributed by atoms with Crippen LogP contribution in [-0.2, 0) is 13.1 Å². The van der Waals surface area contributed by atoms with Gasteiger partial charge in [-0.3, -0.25) is 4.68 Å². The van der Waals surface area contributed by atoms with E-state index < -0.39 is 0 Å². The minimum Gasteiger partial charge on any atom is -0.496 e. The lowest BCUT2D eigenvalue weighted by atomic mass is 10.1. The van der Waals surface area contributed by atoms with Gasteiger partial charge in [-0.15, -0.1) is 0 Å². The number of ether oxygens (including phenoxy) is 1. The number of halogens is 1. The van der Waals surface area contributed by atoms with Crippen LogP contribution in [0.5, 0.6) is 5.75 Å². The van der Waals surface area contributed by atoms with E-state index in [0.717, 1.165) is 29.0 Å². The van der Waals surface area contributed by atoms with Crippen LogP contribution in [0.1, 0.15) is 41.0 Å². The average Bonchev–Trinajstić information content (AvgIpc) is 2.93. The van der Waals surface area contributed by atoms with E-state index >= 15 is 0 Å². The minimum atomic E-state index is 0.225. The fourth-order valence-electron chi connectivity index (χ4n) is 3.23. The van der Waals surface area contributed by atoms with Gasteiger partial charge in [-0.2, -0.15) is 5.10 Å². The summed E-state index contributed by atoms with van der Waals surface area (Å²) >= 11 is 3.56. The average molecular weight is 428 g/mol. The molecule has 5 heteroatoms. The number of hydrogen-bond donors (Lipinski definition) is 1. The molecule has 1 unspecified atom stereocenters. The summed E-state index contributed by atoms with van der Waals surface area (Å²) in [5.74, 6) is 0.847. The second kappa shape index (κ2) is 8.72. The van der Waals surface area contributed by atoms with E-state index in [0.29, 0.717) is 0 Å². The fourth-order valence-corrected chi connectivity index (χ4v) is 3.78. The lowest BCUT2D eigenvalue weighted by Crippen LogP contribution is -2.19. The van der Waals surface area contributed by atoms with Gasteiger partial charge in [0.15, 0.2) is 0 Å². The zero-order valence-corrected chi connectivity index (χ0v) is 17.9. The minimum absolute atomic E-state index is 0.225. The van der Waals surface area contributed by atoms with Crippen LogP contribution in [0.15, 0.2) is 53.0 Å². The van der Waals surface area contributed by atoms with Crippen molar-refractivity contribution in [2.24, 2.45) is 0 Å². The fraction of sp³-hybridized carbons (Fsp3) is 0.318. The Labute approximate surface area is 169 Å². The van der Waals surface area contributed by atoms with E-state index in [1.165, 1.54) is 22.4 Å². The molecule has 0 fully saturated rings. The summed E-state index contributed by atoms with van der Waals surface area (Å²) in [5, 5.41) is 8.37. The molecular formula is C22H26BrN3O. The SMILES string of the molecule is COc1ccc(C(C)NCc2c(C)nn(Cc3ccccc3)c2C)cc1Br. The first-order valence-corrected chi connectivity index (χ1v) is 9.92. The summed E-state index contributed by atoms with van der Waals surface area (Å²) in [6, 6.07) is 16.9. The van der Waals surface area contributed by atoms with Crippen LogP contribution in [0.25, 0.3) is 0 Å². The van der Waals surface area contributed by atoms with Crippen molar-refractivity contribution in [3.05, 3.63) is 81.1 Å². The van der Waals surface area contributed by atoms with Gasteiger partial charge in [0.05, 0.1) is 23.8 Å². The van der Waals surface area contributed by atoms with Gasteiger partial charge in [0.2, 0.25) is 0 Å². The lowest BCUT2D eigenvalue weighted by molar-refractivity contribution is 0.411. The van der Waals surface area contributed by atoms with E-state index in [1.807, 2.05) is 12.1 Å². The molecule has 0 amide bonds. The summed E-state index contributed by atoms with van der Waals surface area (Å²) < 4.78 is 8.38. The Morgan fingerprint density at radius 1 is 1.15 bits per heavy atom. The number of hydrogen-bond acceptors (Lipinski definition) is 3. The quantitative estimate of drug-likeness (QED) is 0.564. The third-order valence-corrected chi connectivity index (χ3v) is 5.59. The summed E-state index contributed by atoms with van der Waals surface area (Å²) in [5.41, 5.74) is 6.05. The molecule has 0 aliphatic carbocycles. The number of rotatable bonds is 7. The first kappa shape index (κ1) is 19.6. The molecule has 0 saturated carbocycles. The Hall–Kier alpha value is -2.11. The Balaban J connectivity index is 1.70. The van der Waals surface area contributed by atoms with E-state index in [4.69, 9.17) is 9.84 Å². The first-order chi connectivity index (χ1) is 13.0. The van der Waals surface area contributed by atoms with Crippen LogP contribution in [0.3, 0.4) is 0 Å². The zero-order valence-electron chi connectivity index (χ0n) is 16.3. The van der Waals surface area contributed by atoms with Crippen LogP contribution in [0.2, 0.25) is 0 Å². The van der Waals surface area contributed by atoms with Crippen molar-refractivity contribution in [1.29, 1.82) is 0 Å². The Kier molecular flexibility index (Phi) is 6.34. The molecule has 0 spiro atoms. The Morgan fingerprint density at radius 3 is 2.56 bits per heavy atom.